The summed E-state index contributed by atoms with van der Waals surface area (Å²) in [7, 11) is 0. The lowest BCUT2D eigenvalue weighted by molar-refractivity contribution is -0.121. The van der Waals surface area contributed by atoms with Crippen molar-refractivity contribution in [3.63, 3.8) is 0 Å². The Hall–Kier alpha value is -3.80. The molecule has 1 aliphatic carbocycles. The van der Waals surface area contributed by atoms with Crippen molar-refractivity contribution >= 4 is 38.7 Å². The number of carbonyl (C=O) groups is 1. The molecule has 1 amide bonds. The van der Waals surface area contributed by atoms with Crippen LogP contribution >= 0.6 is 0 Å². The van der Waals surface area contributed by atoms with E-state index >= 15 is 0 Å². The first-order valence-corrected chi connectivity index (χ1v) is 11.8. The van der Waals surface area contributed by atoms with Gasteiger partial charge in [0.2, 0.25) is 5.91 Å². The zero-order valence-corrected chi connectivity index (χ0v) is 19.5. The summed E-state index contributed by atoms with van der Waals surface area (Å²) in [5.41, 5.74) is 6.38. The van der Waals surface area contributed by atoms with Crippen LogP contribution in [0.2, 0.25) is 0 Å². The van der Waals surface area contributed by atoms with Gasteiger partial charge < -0.3 is 19.1 Å². The molecule has 172 valence electrons. The van der Waals surface area contributed by atoms with E-state index < -0.39 is 5.63 Å². The SMILES string of the molecule is Cc1oc2cc3oc(=O)c(CC(=O)NC4CCCc5c4[nH]c4ccccc54)c(C)c3cc2c1C. The van der Waals surface area contributed by atoms with E-state index in [-0.39, 0.29) is 18.4 Å². The quantitative estimate of drug-likeness (QED) is 0.343. The van der Waals surface area contributed by atoms with Gasteiger partial charge in [-0.25, -0.2) is 4.79 Å². The molecule has 0 saturated heterocycles. The predicted octanol–water partition coefficient (Wildman–Crippen LogP) is 5.68. The summed E-state index contributed by atoms with van der Waals surface area (Å²) in [5, 5.41) is 6.20. The molecule has 1 aliphatic rings. The highest BCUT2D eigenvalue weighted by molar-refractivity contribution is 5.97. The fourth-order valence-corrected chi connectivity index (χ4v) is 5.39. The standard InChI is InChI=1S/C28H26N2O4/c1-14-16(3)33-24-13-25-20(11-19(14)24)15(2)21(28(32)34-25)12-26(31)29-23-10-6-8-18-17-7-4-5-9-22(17)30-27(18)23/h4-5,7,9,11,13,23,30H,6,8,10,12H2,1-3H3,(H,29,31). The van der Waals surface area contributed by atoms with Crippen LogP contribution in [0.25, 0.3) is 32.8 Å². The molecule has 1 unspecified atom stereocenters. The summed E-state index contributed by atoms with van der Waals surface area (Å²) in [6.07, 6.45) is 2.86. The van der Waals surface area contributed by atoms with Gasteiger partial charge in [-0.2, -0.15) is 0 Å². The Bertz CT molecular complexity index is 1670. The summed E-state index contributed by atoms with van der Waals surface area (Å²) >= 11 is 0. The van der Waals surface area contributed by atoms with Gasteiger partial charge in [0, 0.05) is 33.4 Å². The second-order valence-electron chi connectivity index (χ2n) is 9.37. The number of fused-ring (bicyclic) bond motifs is 5. The monoisotopic (exact) mass is 454 g/mol. The second kappa shape index (κ2) is 7.62. The number of para-hydroxylation sites is 1. The maximum Gasteiger partial charge on any atom is 0.340 e. The fraction of sp³-hybridized carbons (Fsp3) is 0.286. The van der Waals surface area contributed by atoms with E-state index in [1.807, 2.05) is 39.0 Å². The van der Waals surface area contributed by atoms with E-state index in [1.54, 1.807) is 6.07 Å². The van der Waals surface area contributed by atoms with Crippen molar-refractivity contribution in [2.24, 2.45) is 0 Å². The van der Waals surface area contributed by atoms with Crippen molar-refractivity contribution in [2.75, 3.05) is 0 Å². The molecule has 3 heterocycles. The van der Waals surface area contributed by atoms with Crippen LogP contribution in [0, 0.1) is 20.8 Å². The molecule has 6 nitrogen and oxygen atoms in total. The molecule has 3 aromatic heterocycles. The molecular weight excluding hydrogens is 428 g/mol. The molecule has 6 rings (SSSR count). The molecule has 1 atom stereocenters. The Morgan fingerprint density at radius 3 is 2.65 bits per heavy atom. The molecule has 2 aromatic carbocycles. The summed E-state index contributed by atoms with van der Waals surface area (Å²) in [5.74, 6) is 0.663. The maximum absolute atomic E-state index is 13.1. The molecule has 0 radical (unpaired) electrons. The zero-order chi connectivity index (χ0) is 23.6. The van der Waals surface area contributed by atoms with E-state index in [0.717, 1.165) is 58.1 Å². The van der Waals surface area contributed by atoms with Crippen molar-refractivity contribution in [3.8, 4) is 0 Å². The lowest BCUT2D eigenvalue weighted by Crippen LogP contribution is -2.33. The van der Waals surface area contributed by atoms with Crippen LogP contribution in [0.15, 0.2) is 50.0 Å². The van der Waals surface area contributed by atoms with Crippen molar-refractivity contribution in [1.82, 2.24) is 10.3 Å². The highest BCUT2D eigenvalue weighted by atomic mass is 16.4. The molecule has 6 heteroatoms. The van der Waals surface area contributed by atoms with Gasteiger partial charge >= 0.3 is 5.63 Å². The van der Waals surface area contributed by atoms with Crippen molar-refractivity contribution in [1.29, 1.82) is 0 Å². The molecular formula is C28H26N2O4. The summed E-state index contributed by atoms with van der Waals surface area (Å²) in [6.45, 7) is 5.81. The number of amides is 1. The number of aromatic amines is 1. The number of rotatable bonds is 3. The van der Waals surface area contributed by atoms with Gasteiger partial charge in [-0.3, -0.25) is 4.79 Å². The number of benzene rings is 2. The average molecular weight is 455 g/mol. The lowest BCUT2D eigenvalue weighted by atomic mass is 9.91. The van der Waals surface area contributed by atoms with Crippen molar-refractivity contribution in [3.05, 3.63) is 80.5 Å². The molecule has 0 aliphatic heterocycles. The molecule has 0 spiro atoms. The largest absolute Gasteiger partial charge is 0.461 e. The first kappa shape index (κ1) is 20.8. The van der Waals surface area contributed by atoms with Crippen molar-refractivity contribution < 1.29 is 13.6 Å². The number of furan rings is 1. The predicted molar refractivity (Wildman–Crippen MR) is 132 cm³/mol. The first-order valence-electron chi connectivity index (χ1n) is 11.8. The minimum atomic E-state index is -0.477. The third-order valence-corrected chi connectivity index (χ3v) is 7.37. The Morgan fingerprint density at radius 1 is 1.03 bits per heavy atom. The second-order valence-corrected chi connectivity index (χ2v) is 9.37. The third kappa shape index (κ3) is 3.16. The molecule has 0 bridgehead atoms. The number of carbonyl (C=O) groups excluding carboxylic acids is 1. The van der Waals surface area contributed by atoms with Gasteiger partial charge in [0.1, 0.15) is 16.9 Å². The summed E-state index contributed by atoms with van der Waals surface area (Å²) in [6, 6.07) is 11.9. The van der Waals surface area contributed by atoms with E-state index in [2.05, 4.69) is 22.4 Å². The van der Waals surface area contributed by atoms with Gasteiger partial charge in [-0.15, -0.1) is 0 Å². The van der Waals surface area contributed by atoms with E-state index in [4.69, 9.17) is 8.83 Å². The Kier molecular flexibility index (Phi) is 4.66. The van der Waals surface area contributed by atoms with Gasteiger partial charge in [-0.1, -0.05) is 18.2 Å². The average Bonchev–Trinajstić information content (AvgIpc) is 3.33. The van der Waals surface area contributed by atoms with Crippen LogP contribution in [0.5, 0.6) is 0 Å². The maximum atomic E-state index is 13.1. The van der Waals surface area contributed by atoms with Crippen LogP contribution in [-0.2, 0) is 17.6 Å². The van der Waals surface area contributed by atoms with E-state index in [9.17, 15) is 9.59 Å². The molecule has 5 aromatic rings. The van der Waals surface area contributed by atoms with Gasteiger partial charge in [-0.05, 0) is 68.9 Å². The van der Waals surface area contributed by atoms with Crippen LogP contribution in [0.3, 0.4) is 0 Å². The Labute approximate surface area is 195 Å². The number of hydrogen-bond donors (Lipinski definition) is 2. The van der Waals surface area contributed by atoms with Gasteiger partial charge in [0.25, 0.3) is 0 Å². The van der Waals surface area contributed by atoms with Crippen molar-refractivity contribution in [2.45, 2.75) is 52.5 Å². The fourth-order valence-electron chi connectivity index (χ4n) is 5.39. The minimum Gasteiger partial charge on any atom is -0.461 e. The smallest absolute Gasteiger partial charge is 0.340 e. The molecule has 0 saturated carbocycles. The molecule has 2 N–H and O–H groups in total. The minimum absolute atomic E-state index is 0.0163. The first-order chi connectivity index (χ1) is 16.4. The zero-order valence-electron chi connectivity index (χ0n) is 19.5. The van der Waals surface area contributed by atoms with Gasteiger partial charge in [0.15, 0.2) is 0 Å². The number of H-pyrrole nitrogens is 1. The van der Waals surface area contributed by atoms with Crippen LogP contribution < -0.4 is 10.9 Å². The highest BCUT2D eigenvalue weighted by Gasteiger charge is 2.26. The molecule has 34 heavy (non-hydrogen) atoms. The van der Waals surface area contributed by atoms with Crippen LogP contribution in [0.1, 0.15) is 52.6 Å². The summed E-state index contributed by atoms with van der Waals surface area (Å²) in [4.78, 5) is 29.4. The normalized spacial score (nSPS) is 15.8. The highest BCUT2D eigenvalue weighted by Crippen LogP contribution is 2.35. The van der Waals surface area contributed by atoms with Crippen LogP contribution in [-0.4, -0.2) is 10.9 Å². The van der Waals surface area contributed by atoms with E-state index in [1.165, 1.54) is 10.9 Å². The number of nitrogens with one attached hydrogen (secondary N) is 2. The summed E-state index contributed by atoms with van der Waals surface area (Å²) < 4.78 is 11.4. The third-order valence-electron chi connectivity index (χ3n) is 7.37. The number of aromatic nitrogens is 1. The number of aryl methyl sites for hydroxylation is 4. The Morgan fingerprint density at radius 2 is 1.79 bits per heavy atom. The Balaban J connectivity index is 1.33. The van der Waals surface area contributed by atoms with Gasteiger partial charge in [0.05, 0.1) is 18.0 Å². The lowest BCUT2D eigenvalue weighted by Gasteiger charge is -2.24. The van der Waals surface area contributed by atoms with E-state index in [0.29, 0.717) is 16.7 Å². The number of hydrogen-bond acceptors (Lipinski definition) is 4. The molecule has 0 fully saturated rings. The van der Waals surface area contributed by atoms with Crippen LogP contribution in [0.4, 0.5) is 0 Å². The topological polar surface area (TPSA) is 88.2 Å².